The number of fused-ring (bicyclic) bond motifs is 1. The van der Waals surface area contributed by atoms with Gasteiger partial charge in [-0.3, -0.25) is 4.79 Å². The van der Waals surface area contributed by atoms with Gasteiger partial charge in [-0.15, -0.1) is 11.3 Å². The Balaban J connectivity index is 1.68. The highest BCUT2D eigenvalue weighted by molar-refractivity contribution is 7.09. The average Bonchev–Trinajstić information content (AvgIpc) is 3.21. The fraction of sp³-hybridized carbons (Fsp3) is 0.421. The Morgan fingerprint density at radius 3 is 3.04 bits per heavy atom. The molecule has 134 valence electrons. The van der Waals surface area contributed by atoms with E-state index in [2.05, 4.69) is 10.6 Å². The van der Waals surface area contributed by atoms with Gasteiger partial charge in [0.1, 0.15) is 23.6 Å². The summed E-state index contributed by atoms with van der Waals surface area (Å²) in [5.74, 6) is 1.58. The second-order valence-electron chi connectivity index (χ2n) is 6.18. The van der Waals surface area contributed by atoms with Crippen LogP contribution in [-0.4, -0.2) is 24.7 Å². The molecule has 3 rings (SSSR count). The number of benzene rings is 1. The molecule has 0 radical (unpaired) electrons. The molecule has 0 spiro atoms. The molecule has 1 amide bonds. The number of carbonyl (C=O) groups is 1. The maximum atomic E-state index is 12.4. The minimum Gasteiger partial charge on any atom is -0.492 e. The van der Waals surface area contributed by atoms with Crippen molar-refractivity contribution < 1.29 is 14.3 Å². The van der Waals surface area contributed by atoms with Gasteiger partial charge in [0.05, 0.1) is 18.8 Å². The fourth-order valence-electron chi connectivity index (χ4n) is 2.87. The minimum atomic E-state index is -0.379. The maximum Gasteiger partial charge on any atom is 0.242 e. The molecule has 0 aliphatic carbocycles. The summed E-state index contributed by atoms with van der Waals surface area (Å²) in [7, 11) is 0. The zero-order valence-corrected chi connectivity index (χ0v) is 15.6. The van der Waals surface area contributed by atoms with E-state index in [9.17, 15) is 4.79 Å². The van der Waals surface area contributed by atoms with E-state index < -0.39 is 0 Å². The molecule has 5 nitrogen and oxygen atoms in total. The van der Waals surface area contributed by atoms with Crippen molar-refractivity contribution in [3.8, 4) is 11.5 Å². The van der Waals surface area contributed by atoms with Crippen molar-refractivity contribution >= 4 is 22.9 Å². The van der Waals surface area contributed by atoms with Gasteiger partial charge in [-0.25, -0.2) is 0 Å². The van der Waals surface area contributed by atoms with Gasteiger partial charge < -0.3 is 20.1 Å². The second kappa shape index (κ2) is 7.78. The van der Waals surface area contributed by atoms with E-state index in [1.165, 1.54) is 0 Å². The molecular formula is C19H24N2O3S. The second-order valence-corrected chi connectivity index (χ2v) is 7.22. The predicted molar refractivity (Wildman–Crippen MR) is 101 cm³/mol. The van der Waals surface area contributed by atoms with Crippen LogP contribution in [0, 0.1) is 0 Å². The Morgan fingerprint density at radius 2 is 2.32 bits per heavy atom. The number of hydrogen-bond donors (Lipinski definition) is 2. The molecule has 2 N–H and O–H groups in total. The first-order valence-electron chi connectivity index (χ1n) is 8.59. The minimum absolute atomic E-state index is 0.0503. The van der Waals surface area contributed by atoms with Crippen molar-refractivity contribution in [2.45, 2.75) is 45.9 Å². The van der Waals surface area contributed by atoms with Crippen LogP contribution < -0.4 is 20.1 Å². The first kappa shape index (κ1) is 17.6. The van der Waals surface area contributed by atoms with E-state index in [-0.39, 0.29) is 18.1 Å². The van der Waals surface area contributed by atoms with Crippen LogP contribution in [0.4, 0.5) is 5.69 Å². The number of ether oxygens (including phenoxy) is 2. The summed E-state index contributed by atoms with van der Waals surface area (Å²) in [6.07, 6.45) is 1.05. The van der Waals surface area contributed by atoms with Gasteiger partial charge in [-0.1, -0.05) is 6.07 Å². The van der Waals surface area contributed by atoms with E-state index in [0.29, 0.717) is 13.2 Å². The Morgan fingerprint density at radius 1 is 1.48 bits per heavy atom. The molecule has 6 heteroatoms. The summed E-state index contributed by atoms with van der Waals surface area (Å²) in [5.41, 5.74) is 1.93. The average molecular weight is 360 g/mol. The largest absolute Gasteiger partial charge is 0.492 e. The smallest absolute Gasteiger partial charge is 0.242 e. The summed E-state index contributed by atoms with van der Waals surface area (Å²) >= 11 is 1.63. The molecule has 0 unspecified atom stereocenters. The molecule has 1 aromatic heterocycles. The topological polar surface area (TPSA) is 59.6 Å². The Kier molecular flexibility index (Phi) is 5.48. The number of rotatable bonds is 7. The van der Waals surface area contributed by atoms with Crippen LogP contribution in [0.25, 0.3) is 0 Å². The molecule has 2 aromatic rings. The van der Waals surface area contributed by atoms with Crippen LogP contribution in [-0.2, 0) is 17.8 Å². The molecule has 0 fully saturated rings. The van der Waals surface area contributed by atoms with Gasteiger partial charge in [0, 0.05) is 22.9 Å². The van der Waals surface area contributed by atoms with Crippen LogP contribution in [0.3, 0.4) is 0 Å². The SMILES string of the molecule is CCOc1cc2c(cc1N[C@H](C)C(=O)NCc1cccs1)O[C@@H](C)C2. The summed E-state index contributed by atoms with van der Waals surface area (Å²) in [6.45, 7) is 6.96. The van der Waals surface area contributed by atoms with Crippen LogP contribution in [0.5, 0.6) is 11.5 Å². The normalized spacial score (nSPS) is 16.7. The monoisotopic (exact) mass is 360 g/mol. The van der Waals surface area contributed by atoms with Crippen LogP contribution >= 0.6 is 11.3 Å². The Labute approximate surface area is 152 Å². The molecule has 25 heavy (non-hydrogen) atoms. The van der Waals surface area contributed by atoms with E-state index in [0.717, 1.165) is 34.0 Å². The maximum absolute atomic E-state index is 12.4. The number of nitrogens with one attached hydrogen (secondary N) is 2. The highest BCUT2D eigenvalue weighted by Gasteiger charge is 2.23. The Bertz CT molecular complexity index is 731. The van der Waals surface area contributed by atoms with E-state index in [1.807, 2.05) is 50.4 Å². The summed E-state index contributed by atoms with van der Waals surface area (Å²) in [6, 6.07) is 7.56. The lowest BCUT2D eigenvalue weighted by molar-refractivity contribution is -0.121. The number of amides is 1. The van der Waals surface area contributed by atoms with Gasteiger partial charge in [-0.2, -0.15) is 0 Å². The molecule has 1 aliphatic heterocycles. The highest BCUT2D eigenvalue weighted by Crippen LogP contribution is 2.38. The molecule has 1 aliphatic rings. The lowest BCUT2D eigenvalue weighted by atomic mass is 10.1. The highest BCUT2D eigenvalue weighted by atomic mass is 32.1. The zero-order valence-electron chi connectivity index (χ0n) is 14.8. The van der Waals surface area contributed by atoms with E-state index in [1.54, 1.807) is 11.3 Å². The summed E-state index contributed by atoms with van der Waals surface area (Å²) < 4.78 is 11.6. The van der Waals surface area contributed by atoms with E-state index in [4.69, 9.17) is 9.47 Å². The van der Waals surface area contributed by atoms with Crippen molar-refractivity contribution in [3.63, 3.8) is 0 Å². The lowest BCUT2D eigenvalue weighted by Crippen LogP contribution is -2.37. The van der Waals surface area contributed by atoms with Crippen molar-refractivity contribution in [3.05, 3.63) is 40.1 Å². The predicted octanol–water partition coefficient (Wildman–Crippen LogP) is 3.59. The van der Waals surface area contributed by atoms with Crippen molar-refractivity contribution in [2.75, 3.05) is 11.9 Å². The first-order valence-corrected chi connectivity index (χ1v) is 9.47. The number of anilines is 1. The third-order valence-electron chi connectivity index (χ3n) is 4.08. The molecule has 1 aromatic carbocycles. The van der Waals surface area contributed by atoms with Gasteiger partial charge in [0.25, 0.3) is 0 Å². The molecule has 0 bridgehead atoms. The molecule has 2 atom stereocenters. The fourth-order valence-corrected chi connectivity index (χ4v) is 3.51. The van der Waals surface area contributed by atoms with Crippen molar-refractivity contribution in [1.82, 2.24) is 5.32 Å². The zero-order chi connectivity index (χ0) is 17.8. The number of thiophene rings is 1. The van der Waals surface area contributed by atoms with Crippen LogP contribution in [0.15, 0.2) is 29.6 Å². The van der Waals surface area contributed by atoms with Crippen LogP contribution in [0.1, 0.15) is 31.2 Å². The summed E-state index contributed by atoms with van der Waals surface area (Å²) in [4.78, 5) is 13.5. The van der Waals surface area contributed by atoms with Gasteiger partial charge in [0.2, 0.25) is 5.91 Å². The van der Waals surface area contributed by atoms with E-state index >= 15 is 0 Å². The molecule has 0 saturated heterocycles. The van der Waals surface area contributed by atoms with Crippen molar-refractivity contribution in [1.29, 1.82) is 0 Å². The lowest BCUT2D eigenvalue weighted by Gasteiger charge is -2.19. The molecule has 2 heterocycles. The van der Waals surface area contributed by atoms with Gasteiger partial charge >= 0.3 is 0 Å². The summed E-state index contributed by atoms with van der Waals surface area (Å²) in [5, 5.41) is 8.21. The molecular weight excluding hydrogens is 336 g/mol. The van der Waals surface area contributed by atoms with Crippen molar-refractivity contribution in [2.24, 2.45) is 0 Å². The number of carbonyl (C=O) groups excluding carboxylic acids is 1. The molecule has 0 saturated carbocycles. The quantitative estimate of drug-likeness (QED) is 0.792. The number of hydrogen-bond acceptors (Lipinski definition) is 5. The third-order valence-corrected chi connectivity index (χ3v) is 4.96. The van der Waals surface area contributed by atoms with Gasteiger partial charge in [0.15, 0.2) is 0 Å². The Hall–Kier alpha value is -2.21. The van der Waals surface area contributed by atoms with Crippen LogP contribution in [0.2, 0.25) is 0 Å². The van der Waals surface area contributed by atoms with Gasteiger partial charge in [-0.05, 0) is 38.3 Å². The first-order chi connectivity index (χ1) is 12.1. The third kappa shape index (κ3) is 4.25. The standard InChI is InChI=1S/C19H24N2O3S/c1-4-23-18-9-14-8-12(2)24-17(14)10-16(18)21-13(3)19(22)20-11-15-6-5-7-25-15/h5-7,9-10,12-13,21H,4,8,11H2,1-3H3,(H,20,22)/t12-,13+/m0/s1.